The first-order valence-electron chi connectivity index (χ1n) is 4.10. The third-order valence-electron chi connectivity index (χ3n) is 2.23. The third-order valence-corrected chi connectivity index (χ3v) is 2.43. The van der Waals surface area contributed by atoms with Gasteiger partial charge in [-0.25, -0.2) is 9.78 Å². The Kier molecular flexibility index (Phi) is 2.03. The number of aryl methyl sites for hydroxylation is 1. The lowest BCUT2D eigenvalue weighted by atomic mass is 10.2. The Morgan fingerprint density at radius 2 is 2.43 bits per heavy atom. The average Bonchev–Trinajstić information content (AvgIpc) is 2.47. The molecule has 1 aromatic heterocycles. The zero-order valence-corrected chi connectivity index (χ0v) is 7.86. The van der Waals surface area contributed by atoms with Gasteiger partial charge >= 0.3 is 5.97 Å². The Bertz CT molecular complexity index is 454. The highest BCUT2D eigenvalue weighted by molar-refractivity contribution is 6.29. The highest BCUT2D eigenvalue weighted by Gasteiger charge is 2.29. The normalized spacial score (nSPS) is 19.4. The molecule has 0 bridgehead atoms. The Morgan fingerprint density at radius 3 is 3.07 bits per heavy atom. The number of hydrogen-bond donors (Lipinski definition) is 1. The fraction of sp³-hybridized carbons (Fsp3) is 0.375. The molecular formula is C8H7ClN2O3. The van der Waals surface area contributed by atoms with Gasteiger partial charge in [0, 0.05) is 12.5 Å². The van der Waals surface area contributed by atoms with Crippen molar-refractivity contribution < 1.29 is 9.90 Å². The van der Waals surface area contributed by atoms with Crippen molar-refractivity contribution in [3.05, 3.63) is 27.4 Å². The average molecular weight is 215 g/mol. The first-order chi connectivity index (χ1) is 6.59. The van der Waals surface area contributed by atoms with Gasteiger partial charge in [-0.1, -0.05) is 11.6 Å². The van der Waals surface area contributed by atoms with E-state index in [1.807, 2.05) is 0 Å². The van der Waals surface area contributed by atoms with Crippen LogP contribution < -0.4 is 5.56 Å². The van der Waals surface area contributed by atoms with E-state index < -0.39 is 17.6 Å². The van der Waals surface area contributed by atoms with E-state index in [2.05, 4.69) is 4.98 Å². The smallest absolute Gasteiger partial charge is 0.326 e. The summed E-state index contributed by atoms with van der Waals surface area (Å²) in [6.07, 6.45) is 0.880. The van der Waals surface area contributed by atoms with E-state index in [1.165, 1.54) is 4.57 Å². The van der Waals surface area contributed by atoms with E-state index in [9.17, 15) is 9.59 Å². The molecule has 2 heterocycles. The monoisotopic (exact) mass is 214 g/mol. The molecule has 14 heavy (non-hydrogen) atoms. The number of nitrogens with zero attached hydrogens (tertiary/aromatic N) is 2. The predicted molar refractivity (Wildman–Crippen MR) is 48.5 cm³/mol. The van der Waals surface area contributed by atoms with E-state index in [-0.39, 0.29) is 5.15 Å². The summed E-state index contributed by atoms with van der Waals surface area (Å²) in [4.78, 5) is 26.1. The van der Waals surface area contributed by atoms with E-state index in [0.717, 1.165) is 6.07 Å². The first-order valence-corrected chi connectivity index (χ1v) is 4.48. The van der Waals surface area contributed by atoms with E-state index in [4.69, 9.17) is 16.7 Å². The van der Waals surface area contributed by atoms with Gasteiger partial charge in [0.15, 0.2) is 0 Å². The molecule has 1 N–H and O–H groups in total. The molecule has 0 saturated heterocycles. The molecule has 74 valence electrons. The first kappa shape index (κ1) is 9.21. The fourth-order valence-electron chi connectivity index (χ4n) is 1.65. The molecule has 1 aliphatic rings. The van der Waals surface area contributed by atoms with Crippen molar-refractivity contribution >= 4 is 17.6 Å². The largest absolute Gasteiger partial charge is 0.480 e. The number of rotatable bonds is 1. The molecule has 1 aromatic rings. The number of hydrogen-bond acceptors (Lipinski definition) is 3. The van der Waals surface area contributed by atoms with Crippen molar-refractivity contribution in [2.75, 3.05) is 0 Å². The second-order valence-corrected chi connectivity index (χ2v) is 3.48. The number of aliphatic carboxylic acids is 1. The summed E-state index contributed by atoms with van der Waals surface area (Å²) in [6.45, 7) is 0. The summed E-state index contributed by atoms with van der Waals surface area (Å²) >= 11 is 5.58. The molecular weight excluding hydrogens is 208 g/mol. The Hall–Kier alpha value is -1.36. The molecule has 1 atom stereocenters. The molecule has 0 saturated carbocycles. The molecule has 6 heteroatoms. The second-order valence-electron chi connectivity index (χ2n) is 3.10. The predicted octanol–water partition coefficient (Wildman–Crippen LogP) is 0.469. The summed E-state index contributed by atoms with van der Waals surface area (Å²) in [6, 6.07) is 0.342. The minimum absolute atomic E-state index is 0.118. The van der Waals surface area contributed by atoms with Crippen LogP contribution in [0.5, 0.6) is 0 Å². The lowest BCUT2D eigenvalue weighted by molar-refractivity contribution is -0.140. The van der Waals surface area contributed by atoms with Gasteiger partial charge in [0.25, 0.3) is 5.56 Å². The molecule has 0 aromatic carbocycles. The molecule has 5 nitrogen and oxygen atoms in total. The summed E-state index contributed by atoms with van der Waals surface area (Å²) in [7, 11) is 0. The molecule has 2 rings (SSSR count). The molecule has 0 fully saturated rings. The van der Waals surface area contributed by atoms with Gasteiger partial charge < -0.3 is 5.11 Å². The van der Waals surface area contributed by atoms with E-state index in [0.29, 0.717) is 18.7 Å². The van der Waals surface area contributed by atoms with Crippen molar-refractivity contribution in [3.8, 4) is 0 Å². The molecule has 1 unspecified atom stereocenters. The van der Waals surface area contributed by atoms with Gasteiger partial charge in [-0.15, -0.1) is 0 Å². The fourth-order valence-corrected chi connectivity index (χ4v) is 1.84. The summed E-state index contributed by atoms with van der Waals surface area (Å²) in [5.74, 6) is -0.551. The molecule has 1 aliphatic heterocycles. The minimum atomic E-state index is -1.00. The second kappa shape index (κ2) is 3.09. The number of aromatic nitrogens is 2. The zero-order chi connectivity index (χ0) is 10.3. The van der Waals surface area contributed by atoms with Crippen molar-refractivity contribution in [1.82, 2.24) is 9.55 Å². The number of halogens is 1. The molecule has 0 aliphatic carbocycles. The molecule has 0 radical (unpaired) electrons. The van der Waals surface area contributed by atoms with Crippen LogP contribution in [0.2, 0.25) is 5.15 Å². The van der Waals surface area contributed by atoms with Crippen LogP contribution in [-0.2, 0) is 11.2 Å². The van der Waals surface area contributed by atoms with Crippen molar-refractivity contribution in [2.24, 2.45) is 0 Å². The van der Waals surface area contributed by atoms with Crippen molar-refractivity contribution in [2.45, 2.75) is 18.9 Å². The van der Waals surface area contributed by atoms with Crippen molar-refractivity contribution in [1.29, 1.82) is 0 Å². The molecule has 0 amide bonds. The standard InChI is InChI=1S/C8H7ClN2O3/c9-5-3-7(12)11-4(8(13)14)1-2-6(11)10-5/h3-4H,1-2H2,(H,13,14). The highest BCUT2D eigenvalue weighted by atomic mass is 35.5. The zero-order valence-electron chi connectivity index (χ0n) is 7.11. The Morgan fingerprint density at radius 1 is 1.71 bits per heavy atom. The van der Waals surface area contributed by atoms with Crippen LogP contribution in [-0.4, -0.2) is 20.6 Å². The maximum absolute atomic E-state index is 11.4. The molecule has 0 spiro atoms. The van der Waals surface area contributed by atoms with Gasteiger partial charge in [-0.05, 0) is 6.42 Å². The summed E-state index contributed by atoms with van der Waals surface area (Å²) in [5.41, 5.74) is -0.398. The maximum Gasteiger partial charge on any atom is 0.326 e. The topological polar surface area (TPSA) is 72.2 Å². The Balaban J connectivity index is 2.60. The lowest BCUT2D eigenvalue weighted by Gasteiger charge is -2.08. The van der Waals surface area contributed by atoms with Gasteiger partial charge in [-0.3, -0.25) is 9.36 Å². The van der Waals surface area contributed by atoms with Gasteiger partial charge in [-0.2, -0.15) is 0 Å². The van der Waals surface area contributed by atoms with Gasteiger partial charge in [0.2, 0.25) is 0 Å². The highest BCUT2D eigenvalue weighted by Crippen LogP contribution is 2.22. The number of carbonyl (C=O) groups is 1. The van der Waals surface area contributed by atoms with Crippen LogP contribution in [0.4, 0.5) is 0 Å². The SMILES string of the molecule is O=C(O)C1CCc2nc(Cl)cc(=O)n21. The van der Waals surface area contributed by atoms with Gasteiger partial charge in [0.1, 0.15) is 17.0 Å². The lowest BCUT2D eigenvalue weighted by Crippen LogP contribution is -2.27. The van der Waals surface area contributed by atoms with Crippen LogP contribution in [0.15, 0.2) is 10.9 Å². The summed E-state index contributed by atoms with van der Waals surface area (Å²) in [5, 5.41) is 8.95. The van der Waals surface area contributed by atoms with Crippen LogP contribution >= 0.6 is 11.6 Å². The number of carboxylic acids is 1. The van der Waals surface area contributed by atoms with E-state index >= 15 is 0 Å². The van der Waals surface area contributed by atoms with Gasteiger partial charge in [0.05, 0.1) is 0 Å². The van der Waals surface area contributed by atoms with Crippen LogP contribution in [0, 0.1) is 0 Å². The van der Waals surface area contributed by atoms with Crippen LogP contribution in [0.1, 0.15) is 18.3 Å². The number of fused-ring (bicyclic) bond motifs is 1. The van der Waals surface area contributed by atoms with Crippen molar-refractivity contribution in [3.63, 3.8) is 0 Å². The third kappa shape index (κ3) is 1.29. The minimum Gasteiger partial charge on any atom is -0.480 e. The van der Waals surface area contributed by atoms with E-state index in [1.54, 1.807) is 0 Å². The number of carboxylic acid groups (broad SMARTS) is 1. The van der Waals surface area contributed by atoms with Crippen LogP contribution in [0.25, 0.3) is 0 Å². The van der Waals surface area contributed by atoms with Crippen LogP contribution in [0.3, 0.4) is 0 Å². The quantitative estimate of drug-likeness (QED) is 0.690. The maximum atomic E-state index is 11.4. The Labute approximate surface area is 84.0 Å². The summed E-state index contributed by atoms with van der Waals surface area (Å²) < 4.78 is 1.19.